The van der Waals surface area contributed by atoms with Crippen molar-refractivity contribution in [1.82, 2.24) is 15.3 Å². The first-order valence-electron chi connectivity index (χ1n) is 6.73. The molecule has 0 spiro atoms. The van der Waals surface area contributed by atoms with Gasteiger partial charge in [0.15, 0.2) is 0 Å². The number of hydrogen-bond donors (Lipinski definition) is 2. The standard InChI is InChI=1S/C15H18N4O2.2ClH/c1-11(16)5-6-19-15(20)12-3-2-4-13(9-12)21-14-10-17-7-8-18-14;;/h2-4,7-11H,5-6,16H2,1H3,(H,19,20);2*1H. The van der Waals surface area contributed by atoms with Crippen molar-refractivity contribution in [2.24, 2.45) is 5.73 Å². The summed E-state index contributed by atoms with van der Waals surface area (Å²) in [5.41, 5.74) is 6.17. The predicted molar refractivity (Wildman–Crippen MR) is 93.6 cm³/mol. The maximum atomic E-state index is 12.0. The molecular formula is C15H20Cl2N4O2. The summed E-state index contributed by atoms with van der Waals surface area (Å²) in [5, 5.41) is 2.82. The summed E-state index contributed by atoms with van der Waals surface area (Å²) in [4.78, 5) is 19.9. The lowest BCUT2D eigenvalue weighted by Crippen LogP contribution is -2.28. The number of nitrogens with two attached hydrogens (primary N) is 1. The van der Waals surface area contributed by atoms with Crippen LogP contribution in [-0.2, 0) is 0 Å². The van der Waals surface area contributed by atoms with E-state index in [0.29, 0.717) is 23.7 Å². The Balaban J connectivity index is 0.00000242. The van der Waals surface area contributed by atoms with Crippen LogP contribution in [0.5, 0.6) is 11.6 Å². The molecule has 1 aromatic carbocycles. The van der Waals surface area contributed by atoms with E-state index >= 15 is 0 Å². The summed E-state index contributed by atoms with van der Waals surface area (Å²) in [6, 6.07) is 6.97. The van der Waals surface area contributed by atoms with Crippen LogP contribution in [-0.4, -0.2) is 28.5 Å². The van der Waals surface area contributed by atoms with Crippen LogP contribution in [0.15, 0.2) is 42.9 Å². The van der Waals surface area contributed by atoms with Gasteiger partial charge in [0.2, 0.25) is 5.88 Å². The van der Waals surface area contributed by atoms with E-state index in [1.54, 1.807) is 36.7 Å². The molecule has 3 N–H and O–H groups in total. The van der Waals surface area contributed by atoms with E-state index in [1.165, 1.54) is 6.20 Å². The van der Waals surface area contributed by atoms with Crippen molar-refractivity contribution in [1.29, 1.82) is 0 Å². The van der Waals surface area contributed by atoms with E-state index in [1.807, 2.05) is 6.92 Å². The Kier molecular flexibility index (Phi) is 9.89. The van der Waals surface area contributed by atoms with Crippen molar-refractivity contribution >= 4 is 30.7 Å². The van der Waals surface area contributed by atoms with Crippen LogP contribution in [0.3, 0.4) is 0 Å². The number of nitrogens with zero attached hydrogens (tertiary/aromatic N) is 2. The zero-order valence-corrected chi connectivity index (χ0v) is 14.3. The van der Waals surface area contributed by atoms with Crippen molar-refractivity contribution in [2.75, 3.05) is 6.54 Å². The van der Waals surface area contributed by atoms with Crippen molar-refractivity contribution < 1.29 is 9.53 Å². The molecule has 1 unspecified atom stereocenters. The number of carbonyl (C=O) groups excluding carboxylic acids is 1. The number of rotatable bonds is 6. The minimum absolute atomic E-state index is 0. The van der Waals surface area contributed by atoms with Gasteiger partial charge in [-0.25, -0.2) is 4.98 Å². The minimum Gasteiger partial charge on any atom is -0.437 e. The molecule has 1 heterocycles. The molecule has 0 bridgehead atoms. The number of amides is 1. The molecule has 1 atom stereocenters. The SMILES string of the molecule is CC(N)CCNC(=O)c1cccc(Oc2cnccn2)c1.Cl.Cl. The maximum Gasteiger partial charge on any atom is 0.251 e. The van der Waals surface area contributed by atoms with Crippen LogP contribution < -0.4 is 15.8 Å². The fourth-order valence-corrected chi connectivity index (χ4v) is 1.68. The Morgan fingerprint density at radius 1 is 1.35 bits per heavy atom. The van der Waals surface area contributed by atoms with E-state index in [4.69, 9.17) is 10.5 Å². The van der Waals surface area contributed by atoms with Gasteiger partial charge in [0, 0.05) is 30.5 Å². The van der Waals surface area contributed by atoms with Gasteiger partial charge in [-0.2, -0.15) is 0 Å². The lowest BCUT2D eigenvalue weighted by molar-refractivity contribution is 0.0952. The van der Waals surface area contributed by atoms with Crippen molar-refractivity contribution in [2.45, 2.75) is 19.4 Å². The summed E-state index contributed by atoms with van der Waals surface area (Å²) >= 11 is 0. The maximum absolute atomic E-state index is 12.0. The van der Waals surface area contributed by atoms with Gasteiger partial charge in [0.05, 0.1) is 6.20 Å². The second-order valence-electron chi connectivity index (χ2n) is 4.70. The Morgan fingerprint density at radius 2 is 2.13 bits per heavy atom. The average molecular weight is 359 g/mol. The molecule has 0 aliphatic rings. The quantitative estimate of drug-likeness (QED) is 0.827. The normalized spacial score (nSPS) is 10.7. The van der Waals surface area contributed by atoms with Gasteiger partial charge < -0.3 is 15.8 Å². The molecule has 2 rings (SSSR count). The topological polar surface area (TPSA) is 90.1 Å². The van der Waals surface area contributed by atoms with E-state index in [9.17, 15) is 4.79 Å². The van der Waals surface area contributed by atoms with Gasteiger partial charge in [-0.1, -0.05) is 6.07 Å². The van der Waals surface area contributed by atoms with E-state index < -0.39 is 0 Å². The molecule has 0 saturated heterocycles. The van der Waals surface area contributed by atoms with Gasteiger partial charge in [0.25, 0.3) is 5.91 Å². The first-order chi connectivity index (χ1) is 10.1. The van der Waals surface area contributed by atoms with Crippen molar-refractivity contribution in [3.63, 3.8) is 0 Å². The highest BCUT2D eigenvalue weighted by atomic mass is 35.5. The van der Waals surface area contributed by atoms with E-state index in [0.717, 1.165) is 6.42 Å². The minimum atomic E-state index is -0.153. The molecule has 0 saturated carbocycles. The van der Waals surface area contributed by atoms with Crippen molar-refractivity contribution in [3.8, 4) is 11.6 Å². The summed E-state index contributed by atoms with van der Waals surface area (Å²) in [6.45, 7) is 2.45. The largest absolute Gasteiger partial charge is 0.437 e. The highest BCUT2D eigenvalue weighted by molar-refractivity contribution is 5.94. The van der Waals surface area contributed by atoms with Crippen LogP contribution >= 0.6 is 24.8 Å². The average Bonchev–Trinajstić information content (AvgIpc) is 2.48. The van der Waals surface area contributed by atoms with Crippen LogP contribution in [0.2, 0.25) is 0 Å². The molecule has 1 aromatic heterocycles. The number of halogens is 2. The Hall–Kier alpha value is -1.89. The van der Waals surface area contributed by atoms with Gasteiger partial charge in [-0.05, 0) is 31.5 Å². The lowest BCUT2D eigenvalue weighted by atomic mass is 10.2. The van der Waals surface area contributed by atoms with E-state index in [-0.39, 0.29) is 36.8 Å². The lowest BCUT2D eigenvalue weighted by Gasteiger charge is -2.09. The van der Waals surface area contributed by atoms with Gasteiger partial charge in [-0.15, -0.1) is 24.8 Å². The molecule has 2 aromatic rings. The molecule has 0 aliphatic carbocycles. The first-order valence-corrected chi connectivity index (χ1v) is 6.73. The van der Waals surface area contributed by atoms with Crippen LogP contribution in [0, 0.1) is 0 Å². The zero-order chi connectivity index (χ0) is 15.1. The number of carbonyl (C=O) groups is 1. The van der Waals surface area contributed by atoms with Crippen LogP contribution in [0.1, 0.15) is 23.7 Å². The summed E-state index contributed by atoms with van der Waals surface area (Å²) < 4.78 is 5.54. The zero-order valence-electron chi connectivity index (χ0n) is 12.6. The van der Waals surface area contributed by atoms with Gasteiger partial charge in [-0.3, -0.25) is 9.78 Å². The Bertz CT molecular complexity index is 597. The van der Waals surface area contributed by atoms with Crippen molar-refractivity contribution in [3.05, 3.63) is 48.4 Å². The molecule has 23 heavy (non-hydrogen) atoms. The first kappa shape index (κ1) is 21.1. The molecule has 0 radical (unpaired) electrons. The van der Waals surface area contributed by atoms with Crippen LogP contribution in [0.25, 0.3) is 0 Å². The second-order valence-corrected chi connectivity index (χ2v) is 4.70. The smallest absolute Gasteiger partial charge is 0.251 e. The fourth-order valence-electron chi connectivity index (χ4n) is 1.68. The predicted octanol–water partition coefficient (Wildman–Crippen LogP) is 2.58. The van der Waals surface area contributed by atoms with E-state index in [2.05, 4.69) is 15.3 Å². The third-order valence-electron chi connectivity index (χ3n) is 2.74. The second kappa shape index (κ2) is 10.8. The third-order valence-corrected chi connectivity index (χ3v) is 2.74. The van der Waals surface area contributed by atoms with Gasteiger partial charge >= 0.3 is 0 Å². The highest BCUT2D eigenvalue weighted by Gasteiger charge is 2.07. The van der Waals surface area contributed by atoms with Crippen LogP contribution in [0.4, 0.5) is 0 Å². The molecule has 8 heteroatoms. The Labute approximate surface area is 147 Å². The Morgan fingerprint density at radius 3 is 2.78 bits per heavy atom. The monoisotopic (exact) mass is 358 g/mol. The molecule has 0 fully saturated rings. The summed E-state index contributed by atoms with van der Waals surface area (Å²) in [7, 11) is 0. The highest BCUT2D eigenvalue weighted by Crippen LogP contribution is 2.19. The number of nitrogens with one attached hydrogen (secondary N) is 1. The summed E-state index contributed by atoms with van der Waals surface area (Å²) in [6.07, 6.45) is 5.35. The molecular weight excluding hydrogens is 339 g/mol. The number of ether oxygens (including phenoxy) is 1. The summed E-state index contributed by atoms with van der Waals surface area (Å²) in [5.74, 6) is 0.766. The number of benzene rings is 1. The number of aromatic nitrogens is 2. The van der Waals surface area contributed by atoms with Gasteiger partial charge in [0.1, 0.15) is 5.75 Å². The number of hydrogen-bond acceptors (Lipinski definition) is 5. The molecule has 1 amide bonds. The molecule has 6 nitrogen and oxygen atoms in total. The third kappa shape index (κ3) is 7.27. The molecule has 126 valence electrons. The fraction of sp³-hybridized carbons (Fsp3) is 0.267. The molecule has 0 aliphatic heterocycles.